The largest absolute Gasteiger partial charge is 0.349 e. The number of alkyl halides is 2. The highest BCUT2D eigenvalue weighted by Gasteiger charge is 2.39. The van der Waals surface area contributed by atoms with Crippen LogP contribution in [0.4, 0.5) is 20.3 Å². The molecule has 1 amide bonds. The molecule has 4 rings (SSSR count). The van der Waals surface area contributed by atoms with Crippen molar-refractivity contribution in [3.63, 3.8) is 0 Å². The van der Waals surface area contributed by atoms with Gasteiger partial charge in [0.05, 0.1) is 18.9 Å². The summed E-state index contributed by atoms with van der Waals surface area (Å²) < 4.78 is 28.3. The van der Waals surface area contributed by atoms with E-state index in [2.05, 4.69) is 25.6 Å². The van der Waals surface area contributed by atoms with Gasteiger partial charge in [-0.1, -0.05) is 0 Å². The summed E-state index contributed by atoms with van der Waals surface area (Å²) in [5.41, 5.74) is 1.04. The van der Waals surface area contributed by atoms with E-state index < -0.39 is 18.4 Å². The maximum Gasteiger partial charge on any atom is 0.266 e. The minimum Gasteiger partial charge on any atom is -0.349 e. The summed E-state index contributed by atoms with van der Waals surface area (Å²) in [4.78, 5) is 18.1. The third-order valence-corrected chi connectivity index (χ3v) is 3.88. The fourth-order valence-corrected chi connectivity index (χ4v) is 2.72. The zero-order chi connectivity index (χ0) is 16.7. The van der Waals surface area contributed by atoms with Gasteiger partial charge in [0, 0.05) is 25.4 Å². The summed E-state index contributed by atoms with van der Waals surface area (Å²) in [6.45, 7) is -0.216. The lowest BCUT2D eigenvalue weighted by Gasteiger charge is -2.17. The molecule has 0 bridgehead atoms. The quantitative estimate of drug-likeness (QED) is 0.759. The van der Waals surface area contributed by atoms with Crippen LogP contribution < -0.4 is 10.2 Å². The molecule has 0 radical (unpaired) electrons. The van der Waals surface area contributed by atoms with Gasteiger partial charge >= 0.3 is 0 Å². The fourth-order valence-electron chi connectivity index (χ4n) is 2.72. The molecule has 8 nitrogen and oxygen atoms in total. The van der Waals surface area contributed by atoms with Crippen molar-refractivity contribution in [2.75, 3.05) is 23.3 Å². The van der Waals surface area contributed by atoms with Gasteiger partial charge in [0.25, 0.3) is 11.8 Å². The van der Waals surface area contributed by atoms with Gasteiger partial charge in [-0.05, 0) is 6.07 Å². The van der Waals surface area contributed by atoms with E-state index >= 15 is 0 Å². The zero-order valence-corrected chi connectivity index (χ0v) is 12.4. The maximum absolute atomic E-state index is 13.4. The van der Waals surface area contributed by atoms with Crippen LogP contribution >= 0.6 is 0 Å². The Balaban J connectivity index is 1.58. The van der Waals surface area contributed by atoms with Crippen LogP contribution in [-0.4, -0.2) is 49.7 Å². The summed E-state index contributed by atoms with van der Waals surface area (Å²) >= 11 is 0. The molecule has 0 spiro atoms. The summed E-state index contributed by atoms with van der Waals surface area (Å²) in [5, 5.41) is 13.2. The number of rotatable bonds is 3. The fraction of sp³-hybridized carbons (Fsp3) is 0.286. The molecule has 1 aliphatic rings. The van der Waals surface area contributed by atoms with Gasteiger partial charge in [0.1, 0.15) is 17.1 Å². The van der Waals surface area contributed by atoms with Crippen molar-refractivity contribution < 1.29 is 13.6 Å². The van der Waals surface area contributed by atoms with Crippen LogP contribution in [0, 0.1) is 0 Å². The first kappa shape index (κ1) is 14.5. The minimum atomic E-state index is -2.74. The van der Waals surface area contributed by atoms with E-state index in [-0.39, 0.29) is 18.5 Å². The van der Waals surface area contributed by atoms with Crippen LogP contribution in [0.1, 0.15) is 16.8 Å². The first-order valence-corrected chi connectivity index (χ1v) is 7.29. The van der Waals surface area contributed by atoms with Crippen molar-refractivity contribution in [1.29, 1.82) is 0 Å². The Hall–Kier alpha value is -3.04. The van der Waals surface area contributed by atoms with E-state index in [0.29, 0.717) is 17.2 Å². The first-order valence-electron chi connectivity index (χ1n) is 7.29. The Kier molecular flexibility index (Phi) is 3.18. The number of hydrogen-bond donors (Lipinski definition) is 2. The number of nitrogens with zero attached hydrogens (tertiary/aromatic N) is 5. The summed E-state index contributed by atoms with van der Waals surface area (Å²) in [7, 11) is 0. The number of fused-ring (bicyclic) bond motifs is 1. The summed E-state index contributed by atoms with van der Waals surface area (Å²) in [6.07, 6.45) is 5.81. The van der Waals surface area contributed by atoms with E-state index in [9.17, 15) is 13.6 Å². The van der Waals surface area contributed by atoms with Gasteiger partial charge in [-0.15, -0.1) is 0 Å². The second-order valence-corrected chi connectivity index (χ2v) is 5.56. The molecule has 0 aromatic carbocycles. The number of hydrogen-bond acceptors (Lipinski definition) is 5. The van der Waals surface area contributed by atoms with Gasteiger partial charge in [-0.25, -0.2) is 18.3 Å². The highest BCUT2D eigenvalue weighted by molar-refractivity contribution is 6.09. The number of halogens is 2. The second-order valence-electron chi connectivity index (χ2n) is 5.56. The standard InChI is InChI=1S/C14H13F2N7O/c15-14(16)2-5-22(8-14)12-10(7-18-21-12)20-13(24)9-6-19-23-4-1-3-17-11(9)23/h1,3-4,6-7H,2,5,8H2,(H,18,21)(H,20,24). The molecule has 1 saturated heterocycles. The molecular formula is C14H13F2N7O. The van der Waals surface area contributed by atoms with Gasteiger partial charge in [0.2, 0.25) is 0 Å². The van der Waals surface area contributed by atoms with E-state index in [1.807, 2.05) is 0 Å². The number of aromatic amines is 1. The summed E-state index contributed by atoms with van der Waals surface area (Å²) in [6, 6.07) is 1.70. The average molecular weight is 333 g/mol. The Morgan fingerprint density at radius 3 is 3.04 bits per heavy atom. The highest BCUT2D eigenvalue weighted by Crippen LogP contribution is 2.33. The highest BCUT2D eigenvalue weighted by atomic mass is 19.3. The molecule has 0 atom stereocenters. The molecule has 4 heterocycles. The van der Waals surface area contributed by atoms with Crippen LogP contribution in [0.25, 0.3) is 5.65 Å². The van der Waals surface area contributed by atoms with Crippen LogP contribution in [0.3, 0.4) is 0 Å². The van der Waals surface area contributed by atoms with Crippen LogP contribution in [-0.2, 0) is 0 Å². The van der Waals surface area contributed by atoms with Gasteiger partial charge < -0.3 is 10.2 Å². The number of amides is 1. The van der Waals surface area contributed by atoms with Crippen molar-refractivity contribution in [3.05, 3.63) is 36.4 Å². The number of carbonyl (C=O) groups is 1. The molecule has 3 aromatic rings. The van der Waals surface area contributed by atoms with Crippen LogP contribution in [0.15, 0.2) is 30.9 Å². The molecule has 0 aliphatic carbocycles. The van der Waals surface area contributed by atoms with E-state index in [0.717, 1.165) is 0 Å². The third kappa shape index (κ3) is 2.45. The molecule has 0 unspecified atom stereocenters. The van der Waals surface area contributed by atoms with E-state index in [1.54, 1.807) is 18.5 Å². The van der Waals surface area contributed by atoms with Crippen molar-refractivity contribution >= 4 is 23.1 Å². The van der Waals surface area contributed by atoms with Crippen molar-refractivity contribution in [3.8, 4) is 0 Å². The average Bonchev–Trinajstić information content (AvgIpc) is 3.24. The smallest absolute Gasteiger partial charge is 0.266 e. The molecule has 10 heteroatoms. The molecule has 3 aromatic heterocycles. The molecule has 24 heavy (non-hydrogen) atoms. The second kappa shape index (κ2) is 5.25. The SMILES string of the molecule is O=C(Nc1cn[nH]c1N1CCC(F)(F)C1)c1cnn2cccnc12. The van der Waals surface area contributed by atoms with Gasteiger partial charge in [-0.3, -0.25) is 9.89 Å². The van der Waals surface area contributed by atoms with E-state index in [1.165, 1.54) is 21.8 Å². The number of carbonyl (C=O) groups excluding carboxylic acids is 1. The molecular weight excluding hydrogens is 320 g/mol. The third-order valence-electron chi connectivity index (χ3n) is 3.88. The minimum absolute atomic E-state index is 0.191. The normalized spacial score (nSPS) is 16.7. The Morgan fingerprint density at radius 2 is 2.25 bits per heavy atom. The molecule has 1 fully saturated rings. The van der Waals surface area contributed by atoms with Gasteiger partial charge in [0.15, 0.2) is 5.65 Å². The predicted octanol–water partition coefficient (Wildman–Crippen LogP) is 1.55. The van der Waals surface area contributed by atoms with Crippen molar-refractivity contribution in [1.82, 2.24) is 24.8 Å². The Bertz CT molecular complexity index is 903. The Labute approximate surface area is 134 Å². The van der Waals surface area contributed by atoms with Gasteiger partial charge in [-0.2, -0.15) is 10.2 Å². The van der Waals surface area contributed by atoms with Crippen LogP contribution in [0.2, 0.25) is 0 Å². The van der Waals surface area contributed by atoms with Crippen molar-refractivity contribution in [2.24, 2.45) is 0 Å². The van der Waals surface area contributed by atoms with Crippen LogP contribution in [0.5, 0.6) is 0 Å². The van der Waals surface area contributed by atoms with Crippen molar-refractivity contribution in [2.45, 2.75) is 12.3 Å². The Morgan fingerprint density at radius 1 is 1.38 bits per heavy atom. The monoisotopic (exact) mass is 333 g/mol. The zero-order valence-electron chi connectivity index (χ0n) is 12.4. The molecule has 2 N–H and O–H groups in total. The molecule has 1 aliphatic heterocycles. The van der Waals surface area contributed by atoms with E-state index in [4.69, 9.17) is 0 Å². The lowest BCUT2D eigenvalue weighted by Crippen LogP contribution is -2.26. The molecule has 124 valence electrons. The predicted molar refractivity (Wildman–Crippen MR) is 81.3 cm³/mol. The maximum atomic E-state index is 13.4. The number of nitrogens with one attached hydrogen (secondary N) is 2. The lowest BCUT2D eigenvalue weighted by atomic mass is 10.3. The number of anilines is 2. The number of H-pyrrole nitrogens is 1. The lowest BCUT2D eigenvalue weighted by molar-refractivity contribution is 0.0257. The number of aromatic nitrogens is 5. The summed E-state index contributed by atoms with van der Waals surface area (Å²) in [5.74, 6) is -2.80. The topological polar surface area (TPSA) is 91.2 Å². The molecule has 0 saturated carbocycles. The first-order chi connectivity index (χ1) is 11.5.